The molecule has 0 spiro atoms. The highest BCUT2D eigenvalue weighted by Crippen LogP contribution is 2.37. The zero-order valence-corrected chi connectivity index (χ0v) is 25.5. The lowest BCUT2D eigenvalue weighted by molar-refractivity contribution is -0.384. The van der Waals surface area contributed by atoms with Gasteiger partial charge in [0.05, 0.1) is 39.0 Å². The second-order valence-corrected chi connectivity index (χ2v) is 11.4. The second-order valence-electron chi connectivity index (χ2n) is 10.4. The van der Waals surface area contributed by atoms with Crippen molar-refractivity contribution in [3.8, 4) is 17.1 Å². The molecule has 0 saturated carbocycles. The van der Waals surface area contributed by atoms with Crippen molar-refractivity contribution in [2.75, 3.05) is 6.61 Å². The molecule has 0 bridgehead atoms. The summed E-state index contributed by atoms with van der Waals surface area (Å²) in [5, 5.41) is 11.7. The van der Waals surface area contributed by atoms with Crippen molar-refractivity contribution < 1.29 is 23.6 Å². The smallest absolute Gasteiger partial charge is 0.338 e. The molecule has 0 aliphatic carbocycles. The van der Waals surface area contributed by atoms with Gasteiger partial charge in [-0.15, -0.1) is 0 Å². The van der Waals surface area contributed by atoms with Gasteiger partial charge in [0.25, 0.3) is 11.2 Å². The van der Waals surface area contributed by atoms with Crippen molar-refractivity contribution in [1.82, 2.24) is 4.57 Å². The van der Waals surface area contributed by atoms with Crippen LogP contribution in [0.5, 0.6) is 5.75 Å². The molecule has 0 unspecified atom stereocenters. The maximum absolute atomic E-state index is 14.0. The van der Waals surface area contributed by atoms with E-state index in [1.807, 2.05) is 45.9 Å². The first kappa shape index (κ1) is 29.7. The van der Waals surface area contributed by atoms with E-state index >= 15 is 0 Å². The Hall–Kier alpha value is -4.77. The van der Waals surface area contributed by atoms with E-state index in [0.717, 1.165) is 22.5 Å². The lowest BCUT2D eigenvalue weighted by atomic mass is 9.95. The van der Waals surface area contributed by atoms with Crippen LogP contribution in [0, 0.1) is 24.0 Å². The van der Waals surface area contributed by atoms with Gasteiger partial charge in [-0.25, -0.2) is 9.79 Å². The summed E-state index contributed by atoms with van der Waals surface area (Å²) in [6, 6.07) is 13.0. The van der Waals surface area contributed by atoms with Crippen LogP contribution >= 0.6 is 11.3 Å². The summed E-state index contributed by atoms with van der Waals surface area (Å²) >= 11 is 1.16. The number of nitro benzene ring substituents is 1. The largest absolute Gasteiger partial charge is 0.491 e. The molecule has 1 aliphatic heterocycles. The summed E-state index contributed by atoms with van der Waals surface area (Å²) in [5.74, 6) is 0.633. The van der Waals surface area contributed by atoms with Gasteiger partial charge in [0.15, 0.2) is 4.80 Å². The van der Waals surface area contributed by atoms with Gasteiger partial charge in [-0.05, 0) is 76.9 Å². The number of hydrogen-bond donors (Lipinski definition) is 0. The van der Waals surface area contributed by atoms with Crippen LogP contribution in [-0.2, 0) is 9.53 Å². The minimum Gasteiger partial charge on any atom is -0.491 e. The van der Waals surface area contributed by atoms with Gasteiger partial charge in [0.2, 0.25) is 0 Å². The van der Waals surface area contributed by atoms with Crippen LogP contribution in [0.2, 0.25) is 0 Å². The third kappa shape index (κ3) is 5.68. The molecule has 2 aromatic heterocycles. The number of aromatic nitrogens is 1. The van der Waals surface area contributed by atoms with Gasteiger partial charge in [-0.1, -0.05) is 29.5 Å². The third-order valence-electron chi connectivity index (χ3n) is 7.07. The molecule has 11 heteroatoms. The number of benzene rings is 2. The molecule has 0 N–H and O–H groups in total. The zero-order chi connectivity index (χ0) is 31.0. The van der Waals surface area contributed by atoms with Gasteiger partial charge in [-0.3, -0.25) is 19.5 Å². The van der Waals surface area contributed by atoms with Gasteiger partial charge < -0.3 is 13.9 Å². The van der Waals surface area contributed by atoms with Crippen LogP contribution in [0.4, 0.5) is 5.69 Å². The second kappa shape index (κ2) is 11.8. The number of allylic oxidation sites excluding steroid dienone is 1. The van der Waals surface area contributed by atoms with E-state index in [9.17, 15) is 19.7 Å². The maximum atomic E-state index is 14.0. The molecule has 0 radical (unpaired) electrons. The molecule has 1 aliphatic rings. The van der Waals surface area contributed by atoms with E-state index in [0.29, 0.717) is 43.4 Å². The average molecular weight is 602 g/mol. The number of nitro groups is 1. The van der Waals surface area contributed by atoms with Crippen LogP contribution in [-0.4, -0.2) is 28.2 Å². The molecule has 0 fully saturated rings. The van der Waals surface area contributed by atoms with Crippen molar-refractivity contribution in [1.29, 1.82) is 0 Å². The van der Waals surface area contributed by atoms with E-state index in [1.54, 1.807) is 44.2 Å². The van der Waals surface area contributed by atoms with Crippen LogP contribution in [0.3, 0.4) is 0 Å². The summed E-state index contributed by atoms with van der Waals surface area (Å²) in [5.41, 5.74) is 2.93. The Labute approximate surface area is 251 Å². The lowest BCUT2D eigenvalue weighted by Crippen LogP contribution is -2.40. The fraction of sp³-hybridized carbons (Fsp3) is 0.281. The predicted molar refractivity (Wildman–Crippen MR) is 163 cm³/mol. The third-order valence-corrected chi connectivity index (χ3v) is 8.05. The maximum Gasteiger partial charge on any atom is 0.338 e. The topological polar surface area (TPSA) is 126 Å². The van der Waals surface area contributed by atoms with Gasteiger partial charge in [0.1, 0.15) is 23.3 Å². The molecule has 10 nitrogen and oxygen atoms in total. The summed E-state index contributed by atoms with van der Waals surface area (Å²) < 4.78 is 19.3. The molecular formula is C32H31N3O7S. The number of carbonyl (C=O) groups excluding carboxylic acids is 1. The molecular weight excluding hydrogens is 570 g/mol. The molecule has 0 amide bonds. The van der Waals surface area contributed by atoms with Crippen LogP contribution < -0.4 is 19.6 Å². The predicted octanol–water partition coefficient (Wildman–Crippen LogP) is 5.37. The molecule has 222 valence electrons. The first-order valence-corrected chi connectivity index (χ1v) is 14.6. The molecule has 2 aromatic carbocycles. The molecule has 1 atom stereocenters. The van der Waals surface area contributed by atoms with Gasteiger partial charge in [0, 0.05) is 17.7 Å². The van der Waals surface area contributed by atoms with Crippen molar-refractivity contribution in [2.24, 2.45) is 4.99 Å². The molecule has 5 rings (SSSR count). The number of thiazole rings is 1. The van der Waals surface area contributed by atoms with Gasteiger partial charge >= 0.3 is 5.97 Å². The molecule has 3 heterocycles. The number of furan rings is 1. The Morgan fingerprint density at radius 3 is 2.58 bits per heavy atom. The highest BCUT2D eigenvalue weighted by molar-refractivity contribution is 7.07. The minimum absolute atomic E-state index is 0.0624. The van der Waals surface area contributed by atoms with Crippen molar-refractivity contribution >= 4 is 29.1 Å². The summed E-state index contributed by atoms with van der Waals surface area (Å²) in [6.07, 6.45) is 1.44. The quantitative estimate of drug-likeness (QED) is 0.151. The SMILES string of the molecule is CCOC(=O)C1=C(C)N=c2s/c(=C/c3ccc(-c4cc(C)c(C)cc4[N+](=O)[O-])o3)c(=O)n2[C@@H]1c1ccccc1OC(C)C. The van der Waals surface area contributed by atoms with Crippen molar-refractivity contribution in [3.05, 3.63) is 112 Å². The van der Waals surface area contributed by atoms with Crippen molar-refractivity contribution in [2.45, 2.75) is 53.7 Å². The number of aryl methyl sites for hydroxylation is 2. The molecule has 4 aromatic rings. The van der Waals surface area contributed by atoms with E-state index in [4.69, 9.17) is 13.9 Å². The highest BCUT2D eigenvalue weighted by atomic mass is 32.1. The Bertz CT molecular complexity index is 1960. The fourth-order valence-electron chi connectivity index (χ4n) is 5.01. The minimum atomic E-state index is -0.835. The lowest BCUT2D eigenvalue weighted by Gasteiger charge is -2.26. The highest BCUT2D eigenvalue weighted by Gasteiger charge is 2.35. The number of para-hydroxylation sites is 1. The Morgan fingerprint density at radius 2 is 1.88 bits per heavy atom. The van der Waals surface area contributed by atoms with Crippen LogP contribution in [0.25, 0.3) is 17.4 Å². The van der Waals surface area contributed by atoms with Gasteiger partial charge in [-0.2, -0.15) is 0 Å². The Kier molecular flexibility index (Phi) is 8.19. The van der Waals surface area contributed by atoms with E-state index in [1.165, 1.54) is 10.6 Å². The van der Waals surface area contributed by atoms with Crippen molar-refractivity contribution in [3.63, 3.8) is 0 Å². The fourth-order valence-corrected chi connectivity index (χ4v) is 6.03. The summed E-state index contributed by atoms with van der Waals surface area (Å²) in [7, 11) is 0. The number of hydrogen-bond acceptors (Lipinski definition) is 9. The van der Waals surface area contributed by atoms with E-state index in [-0.39, 0.29) is 29.5 Å². The standard InChI is InChI=1S/C32H31N3O7S/c1-7-40-31(37)28-20(6)33-32-34(29(28)22-10-8-9-11-25(22)41-17(2)3)30(36)27(43-32)16-21-12-13-26(42-21)23-14-18(4)19(5)15-24(23)35(38)39/h8-17,29H,7H2,1-6H3/b27-16+/t29-/m1/s1. The summed E-state index contributed by atoms with van der Waals surface area (Å²) in [4.78, 5) is 43.6. The number of esters is 1. The zero-order valence-electron chi connectivity index (χ0n) is 24.7. The first-order chi connectivity index (χ1) is 20.5. The van der Waals surface area contributed by atoms with E-state index in [2.05, 4.69) is 4.99 Å². The molecule has 43 heavy (non-hydrogen) atoms. The Balaban J connectivity index is 1.67. The van der Waals surface area contributed by atoms with Crippen LogP contribution in [0.15, 0.2) is 74.0 Å². The number of carbonyl (C=O) groups is 1. The first-order valence-electron chi connectivity index (χ1n) is 13.8. The monoisotopic (exact) mass is 601 g/mol. The molecule has 0 saturated heterocycles. The normalized spacial score (nSPS) is 15.0. The number of ether oxygens (including phenoxy) is 2. The van der Waals surface area contributed by atoms with E-state index < -0.39 is 16.9 Å². The number of nitrogens with zero attached hydrogens (tertiary/aromatic N) is 3. The summed E-state index contributed by atoms with van der Waals surface area (Å²) in [6.45, 7) is 11.1. The average Bonchev–Trinajstić information content (AvgIpc) is 3.53. The van der Waals surface area contributed by atoms with Crippen LogP contribution in [0.1, 0.15) is 56.2 Å². The number of rotatable bonds is 8. The Morgan fingerprint density at radius 1 is 1.16 bits per heavy atom. The number of fused-ring (bicyclic) bond motifs is 1.